The van der Waals surface area contributed by atoms with Gasteiger partial charge in [-0.3, -0.25) is 9.69 Å². The smallest absolute Gasteiger partial charge is 0.320 e. The zero-order valence-electron chi connectivity index (χ0n) is 14.5. The number of nitrogens with zero attached hydrogens (tertiary/aromatic N) is 3. The molecule has 0 saturated heterocycles. The Morgan fingerprint density at radius 1 is 1.08 bits per heavy atom. The second kappa shape index (κ2) is 8.31. The lowest BCUT2D eigenvalue weighted by atomic mass is 9.86. The maximum absolute atomic E-state index is 12.7. The predicted molar refractivity (Wildman–Crippen MR) is 93.7 cm³/mol. The van der Waals surface area contributed by atoms with Crippen LogP contribution in [0.1, 0.15) is 25.7 Å². The van der Waals surface area contributed by atoms with E-state index in [9.17, 15) is 13.6 Å². The molecule has 0 atom stereocenters. The molecule has 1 amide bonds. The van der Waals surface area contributed by atoms with Crippen LogP contribution in [0, 0.1) is 5.92 Å². The van der Waals surface area contributed by atoms with Gasteiger partial charge in [0.1, 0.15) is 0 Å². The first kappa shape index (κ1) is 18.4. The van der Waals surface area contributed by atoms with Gasteiger partial charge in [-0.1, -0.05) is 30.3 Å². The van der Waals surface area contributed by atoms with Crippen molar-refractivity contribution in [3.05, 3.63) is 42.5 Å². The van der Waals surface area contributed by atoms with Crippen molar-refractivity contribution in [1.29, 1.82) is 0 Å². The molecule has 1 aliphatic carbocycles. The van der Waals surface area contributed by atoms with E-state index in [1.807, 2.05) is 36.4 Å². The van der Waals surface area contributed by atoms with Crippen LogP contribution in [-0.2, 0) is 9.53 Å². The second-order valence-electron chi connectivity index (χ2n) is 6.41. The van der Waals surface area contributed by atoms with Gasteiger partial charge in [-0.25, -0.2) is 0 Å². The third kappa shape index (κ3) is 4.40. The molecule has 1 aromatic carbocycles. The molecule has 0 aliphatic heterocycles. The highest BCUT2D eigenvalue weighted by atomic mass is 19.3. The molecule has 1 fully saturated rings. The van der Waals surface area contributed by atoms with Gasteiger partial charge in [-0.15, -0.1) is 10.2 Å². The normalized spacial score (nSPS) is 20.2. The molecule has 138 valence electrons. The Hall–Kier alpha value is -2.41. The first-order valence-electron chi connectivity index (χ1n) is 8.65. The highest BCUT2D eigenvalue weighted by Gasteiger charge is 2.30. The van der Waals surface area contributed by atoms with Gasteiger partial charge in [0.15, 0.2) is 5.82 Å². The molecule has 2 aromatic rings. The van der Waals surface area contributed by atoms with Gasteiger partial charge in [-0.2, -0.15) is 8.78 Å². The lowest BCUT2D eigenvalue weighted by Crippen LogP contribution is -2.37. The number of hydrogen-bond donors (Lipinski definition) is 0. The SMILES string of the molecule is CN(C(=O)C1CCC(OC(F)F)CC1)c1ccc(-c2ccccc2)nn1. The zero-order valence-corrected chi connectivity index (χ0v) is 14.5. The van der Waals surface area contributed by atoms with Crippen molar-refractivity contribution in [3.8, 4) is 11.3 Å². The molecule has 26 heavy (non-hydrogen) atoms. The van der Waals surface area contributed by atoms with Crippen LogP contribution in [-0.4, -0.2) is 35.9 Å². The maximum atomic E-state index is 12.7. The Labute approximate surface area is 151 Å². The van der Waals surface area contributed by atoms with E-state index < -0.39 is 12.7 Å². The summed E-state index contributed by atoms with van der Waals surface area (Å²) in [7, 11) is 1.66. The van der Waals surface area contributed by atoms with Crippen molar-refractivity contribution in [2.45, 2.75) is 38.4 Å². The molecule has 0 radical (unpaired) electrons. The van der Waals surface area contributed by atoms with Gasteiger partial charge >= 0.3 is 6.61 Å². The summed E-state index contributed by atoms with van der Waals surface area (Å²) >= 11 is 0. The second-order valence-corrected chi connectivity index (χ2v) is 6.41. The minimum atomic E-state index is -2.76. The summed E-state index contributed by atoms with van der Waals surface area (Å²) in [5.74, 6) is 0.205. The number of rotatable bonds is 5. The maximum Gasteiger partial charge on any atom is 0.345 e. The Balaban J connectivity index is 1.60. The molecule has 1 heterocycles. The largest absolute Gasteiger partial charge is 0.345 e. The average molecular weight is 361 g/mol. The fourth-order valence-corrected chi connectivity index (χ4v) is 3.25. The first-order valence-corrected chi connectivity index (χ1v) is 8.65. The Bertz CT molecular complexity index is 717. The minimum Gasteiger partial charge on any atom is -0.320 e. The lowest BCUT2D eigenvalue weighted by molar-refractivity contribution is -0.171. The summed E-state index contributed by atoms with van der Waals surface area (Å²) in [6.07, 6.45) is 1.54. The summed E-state index contributed by atoms with van der Waals surface area (Å²) in [6, 6.07) is 13.3. The van der Waals surface area contributed by atoms with Crippen LogP contribution < -0.4 is 4.90 Å². The highest BCUT2D eigenvalue weighted by molar-refractivity contribution is 5.93. The van der Waals surface area contributed by atoms with Crippen molar-refractivity contribution in [3.63, 3.8) is 0 Å². The number of aromatic nitrogens is 2. The molecule has 1 aromatic heterocycles. The third-order valence-corrected chi connectivity index (χ3v) is 4.71. The number of hydrogen-bond acceptors (Lipinski definition) is 4. The van der Waals surface area contributed by atoms with E-state index in [1.54, 1.807) is 13.1 Å². The van der Waals surface area contributed by atoms with E-state index in [0.717, 1.165) is 11.3 Å². The van der Waals surface area contributed by atoms with Gasteiger partial charge in [0.2, 0.25) is 5.91 Å². The quantitative estimate of drug-likeness (QED) is 0.810. The summed E-state index contributed by atoms with van der Waals surface area (Å²) in [5, 5.41) is 8.35. The standard InChI is InChI=1S/C19H21F2N3O2/c1-24(18(25)14-7-9-15(10-8-14)26-19(20)21)17-12-11-16(22-23-17)13-5-3-2-4-6-13/h2-6,11-12,14-15,19H,7-10H2,1H3. The molecule has 0 bridgehead atoms. The molecule has 1 saturated carbocycles. The van der Waals surface area contributed by atoms with Crippen LogP contribution in [0.4, 0.5) is 14.6 Å². The van der Waals surface area contributed by atoms with E-state index >= 15 is 0 Å². The number of alkyl halides is 2. The molecular formula is C19H21F2N3O2. The summed E-state index contributed by atoms with van der Waals surface area (Å²) in [4.78, 5) is 14.1. The van der Waals surface area contributed by atoms with Gasteiger partial charge in [-0.05, 0) is 37.8 Å². The fourth-order valence-electron chi connectivity index (χ4n) is 3.25. The number of anilines is 1. The Morgan fingerprint density at radius 3 is 2.35 bits per heavy atom. The topological polar surface area (TPSA) is 55.3 Å². The van der Waals surface area contributed by atoms with E-state index in [4.69, 9.17) is 0 Å². The lowest BCUT2D eigenvalue weighted by Gasteiger charge is -2.29. The number of halogens is 2. The van der Waals surface area contributed by atoms with Gasteiger partial charge in [0, 0.05) is 18.5 Å². The van der Waals surface area contributed by atoms with Gasteiger partial charge in [0.25, 0.3) is 0 Å². The fraction of sp³-hybridized carbons (Fsp3) is 0.421. The number of carbonyl (C=O) groups excluding carboxylic acids is 1. The van der Waals surface area contributed by atoms with Crippen LogP contribution >= 0.6 is 0 Å². The zero-order chi connectivity index (χ0) is 18.5. The molecular weight excluding hydrogens is 340 g/mol. The van der Waals surface area contributed by atoms with E-state index in [0.29, 0.717) is 31.5 Å². The van der Waals surface area contributed by atoms with Crippen LogP contribution in [0.15, 0.2) is 42.5 Å². The minimum absolute atomic E-state index is 0.0674. The van der Waals surface area contributed by atoms with Crippen LogP contribution in [0.3, 0.4) is 0 Å². The molecule has 0 unspecified atom stereocenters. The Morgan fingerprint density at radius 2 is 1.77 bits per heavy atom. The number of carbonyl (C=O) groups is 1. The molecule has 0 N–H and O–H groups in total. The van der Waals surface area contributed by atoms with Crippen molar-refractivity contribution in [2.75, 3.05) is 11.9 Å². The van der Waals surface area contributed by atoms with Crippen molar-refractivity contribution in [1.82, 2.24) is 10.2 Å². The first-order chi connectivity index (χ1) is 12.5. The molecule has 0 spiro atoms. The molecule has 3 rings (SSSR count). The van der Waals surface area contributed by atoms with Crippen molar-refractivity contribution < 1.29 is 18.3 Å². The van der Waals surface area contributed by atoms with Crippen molar-refractivity contribution >= 4 is 11.7 Å². The molecule has 5 nitrogen and oxygen atoms in total. The van der Waals surface area contributed by atoms with Gasteiger partial charge < -0.3 is 4.74 Å². The highest BCUT2D eigenvalue weighted by Crippen LogP contribution is 2.29. The summed E-state index contributed by atoms with van der Waals surface area (Å²) in [5.41, 5.74) is 1.69. The van der Waals surface area contributed by atoms with E-state index in [2.05, 4.69) is 14.9 Å². The third-order valence-electron chi connectivity index (χ3n) is 4.71. The summed E-state index contributed by atoms with van der Waals surface area (Å²) in [6.45, 7) is -2.76. The predicted octanol–water partition coefficient (Wildman–Crippen LogP) is 3.90. The van der Waals surface area contributed by atoms with Crippen LogP contribution in [0.5, 0.6) is 0 Å². The van der Waals surface area contributed by atoms with E-state index in [1.165, 1.54) is 4.90 Å². The average Bonchev–Trinajstić information content (AvgIpc) is 2.68. The monoisotopic (exact) mass is 361 g/mol. The Kier molecular flexibility index (Phi) is 5.88. The van der Waals surface area contributed by atoms with E-state index in [-0.39, 0.29) is 11.8 Å². The molecule has 1 aliphatic rings. The number of benzene rings is 1. The van der Waals surface area contributed by atoms with Gasteiger partial charge in [0.05, 0.1) is 11.8 Å². The van der Waals surface area contributed by atoms with Crippen molar-refractivity contribution in [2.24, 2.45) is 5.92 Å². The number of ether oxygens (including phenoxy) is 1. The number of amides is 1. The van der Waals surface area contributed by atoms with Crippen LogP contribution in [0.25, 0.3) is 11.3 Å². The molecule has 7 heteroatoms. The van der Waals surface area contributed by atoms with Crippen LogP contribution in [0.2, 0.25) is 0 Å². The summed E-state index contributed by atoms with van der Waals surface area (Å²) < 4.78 is 29.1.